The molecule has 5 heteroatoms. The number of anilines is 1. The third-order valence-electron chi connectivity index (χ3n) is 3.73. The van der Waals surface area contributed by atoms with E-state index in [2.05, 4.69) is 5.32 Å². The third kappa shape index (κ3) is 3.61. The van der Waals surface area contributed by atoms with Gasteiger partial charge in [0.1, 0.15) is 0 Å². The van der Waals surface area contributed by atoms with Crippen molar-refractivity contribution in [2.75, 3.05) is 31.6 Å². The van der Waals surface area contributed by atoms with Crippen LogP contribution in [0.15, 0.2) is 18.2 Å². The van der Waals surface area contributed by atoms with Gasteiger partial charge in [0, 0.05) is 18.8 Å². The second kappa shape index (κ2) is 7.22. The van der Waals surface area contributed by atoms with E-state index >= 15 is 0 Å². The molecular weight excluding hydrogens is 268 g/mol. The van der Waals surface area contributed by atoms with E-state index in [0.29, 0.717) is 26.3 Å². The zero-order valence-corrected chi connectivity index (χ0v) is 12.6. The van der Waals surface area contributed by atoms with Crippen molar-refractivity contribution in [3.63, 3.8) is 0 Å². The van der Waals surface area contributed by atoms with Crippen LogP contribution >= 0.6 is 0 Å². The summed E-state index contributed by atoms with van der Waals surface area (Å²) in [5.41, 5.74) is 2.89. The molecule has 1 aromatic carbocycles. The highest BCUT2D eigenvalue weighted by molar-refractivity contribution is 6.39. The molecule has 21 heavy (non-hydrogen) atoms. The summed E-state index contributed by atoms with van der Waals surface area (Å²) in [5.74, 6) is -1.04. The quantitative estimate of drug-likeness (QED) is 0.860. The van der Waals surface area contributed by atoms with E-state index < -0.39 is 11.8 Å². The standard InChI is InChI=1S/C16H22N2O3/c1-3-12-6-5-7-13(4-2)14(12)17-15(19)16(20)18-8-10-21-11-9-18/h5-7H,3-4,8-11H2,1-2H3,(H,17,19). The minimum absolute atomic E-state index is 0.475. The number of ether oxygens (including phenoxy) is 1. The molecule has 1 aromatic rings. The predicted octanol–water partition coefficient (Wildman–Crippen LogP) is 1.61. The van der Waals surface area contributed by atoms with Gasteiger partial charge in [-0.2, -0.15) is 0 Å². The van der Waals surface area contributed by atoms with E-state index in [1.807, 2.05) is 32.0 Å². The molecule has 1 aliphatic rings. The number of hydrogen-bond acceptors (Lipinski definition) is 3. The van der Waals surface area contributed by atoms with Gasteiger partial charge in [-0.3, -0.25) is 9.59 Å². The fraction of sp³-hybridized carbons (Fsp3) is 0.500. The number of para-hydroxylation sites is 1. The van der Waals surface area contributed by atoms with Gasteiger partial charge in [-0.1, -0.05) is 32.0 Å². The van der Waals surface area contributed by atoms with Crippen LogP contribution in [0.25, 0.3) is 0 Å². The number of carbonyl (C=O) groups is 2. The molecule has 0 radical (unpaired) electrons. The van der Waals surface area contributed by atoms with Gasteiger partial charge in [0.15, 0.2) is 0 Å². The highest BCUT2D eigenvalue weighted by Gasteiger charge is 2.24. The maximum Gasteiger partial charge on any atom is 0.313 e. The van der Waals surface area contributed by atoms with Gasteiger partial charge < -0.3 is 15.0 Å². The first-order chi connectivity index (χ1) is 10.2. The lowest BCUT2D eigenvalue weighted by atomic mass is 10.0. The van der Waals surface area contributed by atoms with Crippen molar-refractivity contribution in [3.05, 3.63) is 29.3 Å². The Labute approximate surface area is 125 Å². The molecule has 0 spiro atoms. The summed E-state index contributed by atoms with van der Waals surface area (Å²) in [6.07, 6.45) is 1.63. The van der Waals surface area contributed by atoms with Crippen LogP contribution in [0.1, 0.15) is 25.0 Å². The Morgan fingerprint density at radius 2 is 1.71 bits per heavy atom. The molecule has 0 atom stereocenters. The molecule has 5 nitrogen and oxygen atoms in total. The molecular formula is C16H22N2O3. The fourth-order valence-corrected chi connectivity index (χ4v) is 2.48. The minimum Gasteiger partial charge on any atom is -0.378 e. The van der Waals surface area contributed by atoms with Crippen LogP contribution in [0.2, 0.25) is 0 Å². The summed E-state index contributed by atoms with van der Waals surface area (Å²) < 4.78 is 5.20. The van der Waals surface area contributed by atoms with Crippen molar-refractivity contribution in [2.45, 2.75) is 26.7 Å². The highest BCUT2D eigenvalue weighted by atomic mass is 16.5. The number of amides is 2. The Morgan fingerprint density at radius 3 is 2.24 bits per heavy atom. The Bertz CT molecular complexity index is 500. The minimum atomic E-state index is -0.562. The number of hydrogen-bond donors (Lipinski definition) is 1. The monoisotopic (exact) mass is 290 g/mol. The second-order valence-corrected chi connectivity index (χ2v) is 5.02. The van der Waals surface area contributed by atoms with Crippen molar-refractivity contribution in [1.29, 1.82) is 0 Å². The van der Waals surface area contributed by atoms with Crippen molar-refractivity contribution >= 4 is 17.5 Å². The largest absolute Gasteiger partial charge is 0.378 e. The normalized spacial score (nSPS) is 14.9. The third-order valence-corrected chi connectivity index (χ3v) is 3.73. The first-order valence-electron chi connectivity index (χ1n) is 7.46. The van der Waals surface area contributed by atoms with Gasteiger partial charge in [0.05, 0.1) is 13.2 Å². The number of rotatable bonds is 3. The van der Waals surface area contributed by atoms with Gasteiger partial charge in [-0.15, -0.1) is 0 Å². The lowest BCUT2D eigenvalue weighted by molar-refractivity contribution is -0.145. The van der Waals surface area contributed by atoms with Crippen LogP contribution in [0.3, 0.4) is 0 Å². The summed E-state index contributed by atoms with van der Waals surface area (Å²) in [4.78, 5) is 25.9. The van der Waals surface area contributed by atoms with Crippen molar-refractivity contribution in [3.8, 4) is 0 Å². The zero-order chi connectivity index (χ0) is 15.2. The topological polar surface area (TPSA) is 58.6 Å². The maximum absolute atomic E-state index is 12.2. The molecule has 1 fully saturated rings. The molecule has 1 aliphatic heterocycles. The first-order valence-corrected chi connectivity index (χ1v) is 7.46. The molecule has 2 amide bonds. The number of aryl methyl sites for hydroxylation is 2. The molecule has 2 rings (SSSR count). The second-order valence-electron chi connectivity index (χ2n) is 5.02. The molecule has 1 saturated heterocycles. The fourth-order valence-electron chi connectivity index (χ4n) is 2.48. The summed E-state index contributed by atoms with van der Waals surface area (Å²) in [6, 6.07) is 5.94. The van der Waals surface area contributed by atoms with Crippen LogP contribution in [0.4, 0.5) is 5.69 Å². The van der Waals surface area contributed by atoms with Gasteiger partial charge in [-0.25, -0.2) is 0 Å². The van der Waals surface area contributed by atoms with Gasteiger partial charge >= 0.3 is 11.8 Å². The number of benzene rings is 1. The molecule has 0 bridgehead atoms. The average Bonchev–Trinajstić information content (AvgIpc) is 2.55. The molecule has 114 valence electrons. The molecule has 1 N–H and O–H groups in total. The Morgan fingerprint density at radius 1 is 1.14 bits per heavy atom. The van der Waals surface area contributed by atoms with Crippen molar-refractivity contribution in [2.24, 2.45) is 0 Å². The van der Waals surface area contributed by atoms with Crippen LogP contribution in [-0.4, -0.2) is 43.0 Å². The van der Waals surface area contributed by atoms with Gasteiger partial charge in [0.2, 0.25) is 0 Å². The SMILES string of the molecule is CCc1cccc(CC)c1NC(=O)C(=O)N1CCOCC1. The van der Waals surface area contributed by atoms with Crippen molar-refractivity contribution < 1.29 is 14.3 Å². The van der Waals surface area contributed by atoms with E-state index in [4.69, 9.17) is 4.74 Å². The lowest BCUT2D eigenvalue weighted by Gasteiger charge is -2.26. The van der Waals surface area contributed by atoms with Crippen molar-refractivity contribution in [1.82, 2.24) is 4.90 Å². The van der Waals surface area contributed by atoms with Gasteiger partial charge in [-0.05, 0) is 24.0 Å². The number of nitrogens with one attached hydrogen (secondary N) is 1. The summed E-state index contributed by atoms with van der Waals surface area (Å²) in [5, 5.41) is 2.81. The Hall–Kier alpha value is -1.88. The van der Waals surface area contributed by atoms with E-state index in [1.54, 1.807) is 4.90 Å². The number of morpholine rings is 1. The van der Waals surface area contributed by atoms with E-state index in [1.165, 1.54) is 0 Å². The number of carbonyl (C=O) groups excluding carboxylic acids is 2. The molecule has 1 heterocycles. The first kappa shape index (κ1) is 15.5. The van der Waals surface area contributed by atoms with Crippen LogP contribution in [0, 0.1) is 0 Å². The number of nitrogens with zero attached hydrogens (tertiary/aromatic N) is 1. The highest BCUT2D eigenvalue weighted by Crippen LogP contribution is 2.22. The smallest absolute Gasteiger partial charge is 0.313 e. The zero-order valence-electron chi connectivity index (χ0n) is 12.6. The molecule has 0 saturated carbocycles. The van der Waals surface area contributed by atoms with E-state index in [0.717, 1.165) is 29.7 Å². The van der Waals surface area contributed by atoms with Crippen LogP contribution in [-0.2, 0) is 27.2 Å². The summed E-state index contributed by atoms with van der Waals surface area (Å²) in [7, 11) is 0. The van der Waals surface area contributed by atoms with Crippen LogP contribution in [0.5, 0.6) is 0 Å². The Kier molecular flexibility index (Phi) is 5.33. The Balaban J connectivity index is 2.13. The summed E-state index contributed by atoms with van der Waals surface area (Å²) >= 11 is 0. The lowest BCUT2D eigenvalue weighted by Crippen LogP contribution is -2.46. The van der Waals surface area contributed by atoms with E-state index in [-0.39, 0.29) is 0 Å². The molecule has 0 aromatic heterocycles. The molecule has 0 aliphatic carbocycles. The predicted molar refractivity (Wildman–Crippen MR) is 81.2 cm³/mol. The summed E-state index contributed by atoms with van der Waals surface area (Å²) in [6.45, 7) is 6.00. The average molecular weight is 290 g/mol. The molecule has 0 unspecified atom stereocenters. The maximum atomic E-state index is 12.2. The van der Waals surface area contributed by atoms with Gasteiger partial charge in [0.25, 0.3) is 0 Å². The van der Waals surface area contributed by atoms with Crippen LogP contribution < -0.4 is 5.32 Å². The van der Waals surface area contributed by atoms with E-state index in [9.17, 15) is 9.59 Å².